The van der Waals surface area contributed by atoms with Gasteiger partial charge in [-0.2, -0.15) is 0 Å². The molecule has 0 saturated carbocycles. The molecule has 2 aromatic rings. The van der Waals surface area contributed by atoms with E-state index >= 15 is 0 Å². The van der Waals surface area contributed by atoms with Crippen molar-refractivity contribution in [3.05, 3.63) is 33.7 Å². The van der Waals surface area contributed by atoms with Crippen molar-refractivity contribution in [2.45, 2.75) is 13.3 Å². The minimum absolute atomic E-state index is 0.0878. The second-order valence-electron chi connectivity index (χ2n) is 4.80. The summed E-state index contributed by atoms with van der Waals surface area (Å²) in [4.78, 5) is 14.8. The van der Waals surface area contributed by atoms with E-state index in [2.05, 4.69) is 13.0 Å². The second-order valence-corrected chi connectivity index (χ2v) is 6.23. The molecule has 21 heavy (non-hydrogen) atoms. The molecule has 114 valence electrons. The lowest BCUT2D eigenvalue weighted by Gasteiger charge is -2.20. The van der Waals surface area contributed by atoms with E-state index in [0.717, 1.165) is 16.5 Å². The highest BCUT2D eigenvalue weighted by Gasteiger charge is 2.21. The molecule has 0 aliphatic rings. The maximum Gasteiger partial charge on any atom is 0.265 e. The van der Waals surface area contributed by atoms with Crippen LogP contribution in [0.3, 0.4) is 0 Å². The fourth-order valence-corrected chi connectivity index (χ4v) is 3.78. The summed E-state index contributed by atoms with van der Waals surface area (Å²) in [5, 5.41) is 1.46. The van der Waals surface area contributed by atoms with Crippen molar-refractivity contribution >= 4 is 38.9 Å². The zero-order chi connectivity index (χ0) is 15.4. The Morgan fingerprint density at radius 3 is 2.52 bits per heavy atom. The largest absolute Gasteiger partial charge is 0.335 e. The number of hydrogen-bond donors (Lipinski definition) is 2. The average molecular weight is 326 g/mol. The van der Waals surface area contributed by atoms with Crippen LogP contribution in [-0.4, -0.2) is 37.0 Å². The van der Waals surface area contributed by atoms with Crippen molar-refractivity contribution in [3.63, 3.8) is 0 Å². The van der Waals surface area contributed by atoms with Crippen LogP contribution >= 0.6 is 22.9 Å². The third-order valence-electron chi connectivity index (χ3n) is 3.38. The average Bonchev–Trinajstić information content (AvgIpc) is 2.82. The molecular weight excluding hydrogens is 306 g/mol. The molecule has 0 aliphatic carbocycles. The number of thiophene rings is 1. The van der Waals surface area contributed by atoms with Gasteiger partial charge in [-0.25, -0.2) is 0 Å². The summed E-state index contributed by atoms with van der Waals surface area (Å²) >= 11 is 7.83. The molecule has 0 saturated heterocycles. The van der Waals surface area contributed by atoms with Crippen molar-refractivity contribution in [1.29, 1.82) is 0 Å². The fraction of sp³-hybridized carbons (Fsp3) is 0.400. The van der Waals surface area contributed by atoms with Crippen molar-refractivity contribution in [3.8, 4) is 0 Å². The van der Waals surface area contributed by atoms with Gasteiger partial charge in [0.15, 0.2) is 0 Å². The highest BCUT2D eigenvalue weighted by Crippen LogP contribution is 2.36. The van der Waals surface area contributed by atoms with E-state index in [0.29, 0.717) is 36.1 Å². The Hall–Kier alpha value is -1.14. The maximum atomic E-state index is 12.6. The molecule has 0 unspecified atom stereocenters. The van der Waals surface area contributed by atoms with Crippen LogP contribution in [-0.2, 0) is 6.42 Å². The predicted molar refractivity (Wildman–Crippen MR) is 90.2 cm³/mol. The summed E-state index contributed by atoms with van der Waals surface area (Å²) in [5.41, 5.74) is 12.4. The number of carbonyl (C=O) groups is 1. The monoisotopic (exact) mass is 325 g/mol. The molecule has 0 atom stereocenters. The van der Waals surface area contributed by atoms with Crippen LogP contribution in [0.4, 0.5) is 0 Å². The third-order valence-corrected chi connectivity index (χ3v) is 5.03. The maximum absolute atomic E-state index is 12.6. The number of amides is 1. The van der Waals surface area contributed by atoms with E-state index < -0.39 is 0 Å². The van der Waals surface area contributed by atoms with Crippen LogP contribution in [0.2, 0.25) is 5.02 Å². The summed E-state index contributed by atoms with van der Waals surface area (Å²) < 4.78 is 1.04. The lowest BCUT2D eigenvalue weighted by molar-refractivity contribution is 0.0770. The van der Waals surface area contributed by atoms with E-state index in [1.54, 1.807) is 4.90 Å². The Morgan fingerprint density at radius 1 is 1.29 bits per heavy atom. The number of aryl methyl sites for hydroxylation is 1. The number of rotatable bonds is 6. The zero-order valence-electron chi connectivity index (χ0n) is 12.1. The van der Waals surface area contributed by atoms with Gasteiger partial charge in [0.2, 0.25) is 0 Å². The highest BCUT2D eigenvalue weighted by molar-refractivity contribution is 7.21. The lowest BCUT2D eigenvalue weighted by atomic mass is 10.1. The summed E-state index contributed by atoms with van der Waals surface area (Å²) in [6.45, 7) is 3.90. The Bertz CT molecular complexity index is 635. The van der Waals surface area contributed by atoms with Gasteiger partial charge >= 0.3 is 0 Å². The third kappa shape index (κ3) is 3.37. The van der Waals surface area contributed by atoms with Gasteiger partial charge in [0.05, 0.1) is 5.02 Å². The summed E-state index contributed by atoms with van der Waals surface area (Å²) in [6, 6.07) is 6.13. The van der Waals surface area contributed by atoms with Gasteiger partial charge in [0, 0.05) is 36.3 Å². The van der Waals surface area contributed by atoms with E-state index in [-0.39, 0.29) is 5.91 Å². The summed E-state index contributed by atoms with van der Waals surface area (Å²) in [6.07, 6.45) is 0.960. The molecule has 0 fully saturated rings. The molecule has 1 aromatic carbocycles. The molecule has 2 rings (SSSR count). The molecule has 0 spiro atoms. The van der Waals surface area contributed by atoms with Crippen molar-refractivity contribution < 1.29 is 4.79 Å². The van der Waals surface area contributed by atoms with Gasteiger partial charge in [-0.15, -0.1) is 11.3 Å². The normalized spacial score (nSPS) is 11.0. The Kier molecular flexibility index (Phi) is 5.58. The van der Waals surface area contributed by atoms with Gasteiger partial charge in [-0.1, -0.05) is 30.7 Å². The first-order chi connectivity index (χ1) is 10.1. The number of fused-ring (bicyclic) bond motifs is 1. The van der Waals surface area contributed by atoms with Crippen molar-refractivity contribution in [1.82, 2.24) is 4.90 Å². The number of nitrogens with zero attached hydrogens (tertiary/aromatic N) is 1. The summed E-state index contributed by atoms with van der Waals surface area (Å²) in [7, 11) is 0. The minimum atomic E-state index is -0.0878. The second kappa shape index (κ2) is 7.22. The van der Waals surface area contributed by atoms with Crippen molar-refractivity contribution in [2.75, 3.05) is 26.2 Å². The van der Waals surface area contributed by atoms with Gasteiger partial charge in [-0.3, -0.25) is 4.79 Å². The molecule has 1 amide bonds. The Morgan fingerprint density at radius 2 is 1.95 bits per heavy atom. The molecule has 0 radical (unpaired) electrons. The zero-order valence-corrected chi connectivity index (χ0v) is 13.6. The van der Waals surface area contributed by atoms with Crippen molar-refractivity contribution in [2.24, 2.45) is 11.5 Å². The van der Waals surface area contributed by atoms with Crippen LogP contribution in [0.5, 0.6) is 0 Å². The van der Waals surface area contributed by atoms with Crippen LogP contribution in [0.25, 0.3) is 10.1 Å². The Labute approximate surface area is 133 Å². The standard InChI is InChI=1S/C15H20ClN3OS/c1-2-10-3-4-11-12(9-10)21-14(13(11)16)15(20)19(7-5-17)8-6-18/h3-4,9H,2,5-8,17-18H2,1H3. The SMILES string of the molecule is CCc1ccc2c(Cl)c(C(=O)N(CCN)CCN)sc2c1. The fourth-order valence-electron chi connectivity index (χ4n) is 2.24. The van der Waals surface area contributed by atoms with Gasteiger partial charge < -0.3 is 16.4 Å². The van der Waals surface area contributed by atoms with E-state index in [1.807, 2.05) is 12.1 Å². The topological polar surface area (TPSA) is 72.3 Å². The first-order valence-electron chi connectivity index (χ1n) is 7.02. The predicted octanol–water partition coefficient (Wildman–Crippen LogP) is 2.48. The number of hydrogen-bond acceptors (Lipinski definition) is 4. The number of halogens is 1. The van der Waals surface area contributed by atoms with Gasteiger partial charge in [-0.05, 0) is 18.1 Å². The minimum Gasteiger partial charge on any atom is -0.335 e. The number of carbonyl (C=O) groups excluding carboxylic acids is 1. The van der Waals surface area contributed by atoms with Gasteiger partial charge in [0.25, 0.3) is 5.91 Å². The van der Waals surface area contributed by atoms with Crippen LogP contribution in [0, 0.1) is 0 Å². The highest BCUT2D eigenvalue weighted by atomic mass is 35.5. The Balaban J connectivity index is 2.40. The van der Waals surface area contributed by atoms with Gasteiger partial charge in [0.1, 0.15) is 4.88 Å². The molecule has 0 aliphatic heterocycles. The molecule has 0 bridgehead atoms. The van der Waals surface area contributed by atoms with E-state index in [9.17, 15) is 4.79 Å². The first kappa shape index (κ1) is 16.2. The van der Waals surface area contributed by atoms with Crippen LogP contribution in [0.1, 0.15) is 22.2 Å². The smallest absolute Gasteiger partial charge is 0.265 e. The molecular formula is C15H20ClN3OS. The molecule has 4 N–H and O–H groups in total. The first-order valence-corrected chi connectivity index (χ1v) is 8.22. The number of benzene rings is 1. The lowest BCUT2D eigenvalue weighted by Crippen LogP contribution is -2.38. The molecule has 6 heteroatoms. The van der Waals surface area contributed by atoms with Crippen LogP contribution < -0.4 is 11.5 Å². The van der Waals surface area contributed by atoms with Crippen LogP contribution in [0.15, 0.2) is 18.2 Å². The number of nitrogens with two attached hydrogens (primary N) is 2. The molecule has 1 aromatic heterocycles. The quantitative estimate of drug-likeness (QED) is 0.857. The van der Waals surface area contributed by atoms with E-state index in [1.165, 1.54) is 16.9 Å². The summed E-state index contributed by atoms with van der Waals surface area (Å²) in [5.74, 6) is -0.0878. The molecule has 4 nitrogen and oxygen atoms in total. The molecule has 1 heterocycles. The van der Waals surface area contributed by atoms with E-state index in [4.69, 9.17) is 23.1 Å².